The van der Waals surface area contributed by atoms with Crippen LogP contribution < -0.4 is 0 Å². The average Bonchev–Trinajstić information content (AvgIpc) is 2.66. The minimum absolute atomic E-state index is 0.194. The van der Waals surface area contributed by atoms with Crippen molar-refractivity contribution < 1.29 is 9.26 Å². The lowest BCUT2D eigenvalue weighted by atomic mass is 10.1. The van der Waals surface area contributed by atoms with Gasteiger partial charge in [0.15, 0.2) is 5.82 Å². The van der Waals surface area contributed by atoms with Crippen LogP contribution in [0.2, 0.25) is 0 Å². The maximum Gasteiger partial charge on any atom is 0.258 e. The van der Waals surface area contributed by atoms with Gasteiger partial charge < -0.3 is 9.26 Å². The van der Waals surface area contributed by atoms with Gasteiger partial charge in [0.05, 0.1) is 5.38 Å². The maximum absolute atomic E-state index is 5.97. The molecule has 1 unspecified atom stereocenters. The molecule has 0 aliphatic rings. The van der Waals surface area contributed by atoms with Crippen molar-refractivity contribution in [3.8, 4) is 0 Å². The van der Waals surface area contributed by atoms with Gasteiger partial charge in [-0.1, -0.05) is 12.1 Å². The van der Waals surface area contributed by atoms with Crippen LogP contribution in [0.1, 0.15) is 44.3 Å². The van der Waals surface area contributed by atoms with Crippen LogP contribution in [-0.4, -0.2) is 17.3 Å². The molecule has 0 N–H and O–H groups in total. The summed E-state index contributed by atoms with van der Waals surface area (Å²) in [6.07, 6.45) is 0.772. The Labute approximate surface area is 88.6 Å². The van der Waals surface area contributed by atoms with E-state index in [0.29, 0.717) is 11.7 Å². The summed E-state index contributed by atoms with van der Waals surface area (Å²) in [5.41, 5.74) is -0.560. The standard InChI is InChI=1S/C9H15ClN2O2/c1-5-6(10)7-11-8(14-12-7)9(2,3)13-4/h6H,5H2,1-4H3. The normalized spacial score (nSPS) is 14.4. The van der Waals surface area contributed by atoms with Gasteiger partial charge in [-0.3, -0.25) is 0 Å². The van der Waals surface area contributed by atoms with Gasteiger partial charge in [0, 0.05) is 7.11 Å². The highest BCUT2D eigenvalue weighted by atomic mass is 35.5. The molecule has 0 fully saturated rings. The maximum atomic E-state index is 5.97. The number of alkyl halides is 1. The first-order valence-electron chi connectivity index (χ1n) is 4.54. The topological polar surface area (TPSA) is 48.2 Å². The zero-order valence-corrected chi connectivity index (χ0v) is 9.63. The lowest BCUT2D eigenvalue weighted by molar-refractivity contribution is -0.00786. The van der Waals surface area contributed by atoms with Crippen molar-refractivity contribution in [3.05, 3.63) is 11.7 Å². The molecule has 14 heavy (non-hydrogen) atoms. The van der Waals surface area contributed by atoms with E-state index in [9.17, 15) is 0 Å². The molecular weight excluding hydrogens is 204 g/mol. The molecule has 0 aromatic carbocycles. The first-order chi connectivity index (χ1) is 6.51. The van der Waals surface area contributed by atoms with Crippen molar-refractivity contribution in [2.45, 2.75) is 38.2 Å². The Kier molecular flexibility index (Phi) is 3.50. The molecule has 0 radical (unpaired) electrons. The molecule has 80 valence electrons. The summed E-state index contributed by atoms with van der Waals surface area (Å²) in [7, 11) is 1.60. The Morgan fingerprint density at radius 2 is 2.21 bits per heavy atom. The van der Waals surface area contributed by atoms with Crippen LogP contribution in [0.4, 0.5) is 0 Å². The summed E-state index contributed by atoms with van der Waals surface area (Å²) in [6.45, 7) is 5.69. The van der Waals surface area contributed by atoms with Gasteiger partial charge in [0.1, 0.15) is 5.60 Å². The largest absolute Gasteiger partial charge is 0.369 e. The quantitative estimate of drug-likeness (QED) is 0.729. The van der Waals surface area contributed by atoms with Crippen molar-refractivity contribution in [1.29, 1.82) is 0 Å². The molecule has 0 saturated carbocycles. The van der Waals surface area contributed by atoms with E-state index in [1.165, 1.54) is 0 Å². The second-order valence-corrected chi connectivity index (χ2v) is 4.07. The Bertz CT molecular complexity index is 299. The van der Waals surface area contributed by atoms with Gasteiger partial charge in [-0.15, -0.1) is 11.6 Å². The van der Waals surface area contributed by atoms with E-state index >= 15 is 0 Å². The molecule has 1 aromatic heterocycles. The van der Waals surface area contributed by atoms with E-state index in [1.54, 1.807) is 7.11 Å². The Morgan fingerprint density at radius 1 is 1.57 bits per heavy atom. The van der Waals surface area contributed by atoms with Crippen molar-refractivity contribution in [2.75, 3.05) is 7.11 Å². The molecule has 0 spiro atoms. The van der Waals surface area contributed by atoms with Gasteiger partial charge in [-0.05, 0) is 20.3 Å². The second-order valence-electron chi connectivity index (χ2n) is 3.55. The van der Waals surface area contributed by atoms with Crippen molar-refractivity contribution in [1.82, 2.24) is 10.1 Å². The summed E-state index contributed by atoms with van der Waals surface area (Å²) in [4.78, 5) is 4.19. The molecule has 1 rings (SSSR count). The summed E-state index contributed by atoms with van der Waals surface area (Å²) in [5.74, 6) is 0.975. The zero-order valence-electron chi connectivity index (χ0n) is 8.87. The van der Waals surface area contributed by atoms with Crippen LogP contribution in [-0.2, 0) is 10.3 Å². The molecule has 0 aliphatic heterocycles. The second kappa shape index (κ2) is 4.28. The van der Waals surface area contributed by atoms with Crippen molar-refractivity contribution in [3.63, 3.8) is 0 Å². The lowest BCUT2D eigenvalue weighted by Crippen LogP contribution is -2.19. The first kappa shape index (κ1) is 11.5. The minimum atomic E-state index is -0.560. The van der Waals surface area contributed by atoms with Crippen LogP contribution in [0.25, 0.3) is 0 Å². The molecule has 1 aromatic rings. The number of nitrogens with zero attached hydrogens (tertiary/aromatic N) is 2. The highest BCUT2D eigenvalue weighted by Crippen LogP contribution is 2.26. The Hall–Kier alpha value is -0.610. The molecular formula is C9H15ClN2O2. The number of rotatable bonds is 4. The number of methoxy groups -OCH3 is 1. The van der Waals surface area contributed by atoms with Crippen molar-refractivity contribution >= 4 is 11.6 Å². The van der Waals surface area contributed by atoms with Gasteiger partial charge >= 0.3 is 0 Å². The molecule has 0 aliphatic carbocycles. The number of aromatic nitrogens is 2. The van der Waals surface area contributed by atoms with E-state index in [1.807, 2.05) is 20.8 Å². The van der Waals surface area contributed by atoms with E-state index in [4.69, 9.17) is 20.9 Å². The monoisotopic (exact) mass is 218 g/mol. The predicted molar refractivity (Wildman–Crippen MR) is 53.2 cm³/mol. The summed E-state index contributed by atoms with van der Waals surface area (Å²) in [6, 6.07) is 0. The number of halogens is 1. The fraction of sp³-hybridized carbons (Fsp3) is 0.778. The highest BCUT2D eigenvalue weighted by Gasteiger charge is 2.28. The predicted octanol–water partition coefficient (Wildman–Crippen LogP) is 2.64. The van der Waals surface area contributed by atoms with E-state index < -0.39 is 5.60 Å². The fourth-order valence-corrected chi connectivity index (χ4v) is 0.965. The molecule has 1 heterocycles. The van der Waals surface area contributed by atoms with Crippen LogP contribution in [0.5, 0.6) is 0 Å². The third-order valence-corrected chi connectivity index (χ3v) is 2.61. The molecule has 5 heteroatoms. The third-order valence-electron chi connectivity index (χ3n) is 2.11. The minimum Gasteiger partial charge on any atom is -0.369 e. The SMILES string of the molecule is CCC(Cl)c1noc(C(C)(C)OC)n1. The first-order valence-corrected chi connectivity index (χ1v) is 4.98. The summed E-state index contributed by atoms with van der Waals surface area (Å²) >= 11 is 5.97. The van der Waals surface area contributed by atoms with Crippen LogP contribution in [0, 0.1) is 0 Å². The van der Waals surface area contributed by atoms with Gasteiger partial charge in [0.25, 0.3) is 5.89 Å². The van der Waals surface area contributed by atoms with Crippen LogP contribution in [0.15, 0.2) is 4.52 Å². The lowest BCUT2D eigenvalue weighted by Gasteiger charge is -2.16. The average molecular weight is 219 g/mol. The van der Waals surface area contributed by atoms with E-state index in [2.05, 4.69) is 10.1 Å². The zero-order chi connectivity index (χ0) is 10.8. The fourth-order valence-electron chi connectivity index (χ4n) is 0.877. The molecule has 0 bridgehead atoms. The Balaban J connectivity index is 2.88. The number of hydrogen-bond donors (Lipinski definition) is 0. The Morgan fingerprint density at radius 3 is 2.71 bits per heavy atom. The number of hydrogen-bond acceptors (Lipinski definition) is 4. The van der Waals surface area contributed by atoms with E-state index in [0.717, 1.165) is 6.42 Å². The molecule has 0 amide bonds. The highest BCUT2D eigenvalue weighted by molar-refractivity contribution is 6.20. The summed E-state index contributed by atoms with van der Waals surface area (Å²) < 4.78 is 10.3. The third kappa shape index (κ3) is 2.25. The van der Waals surface area contributed by atoms with Gasteiger partial charge in [0.2, 0.25) is 0 Å². The van der Waals surface area contributed by atoms with Crippen LogP contribution in [0.3, 0.4) is 0 Å². The van der Waals surface area contributed by atoms with Gasteiger partial charge in [-0.25, -0.2) is 0 Å². The molecule has 0 saturated heterocycles. The molecule has 4 nitrogen and oxygen atoms in total. The number of ether oxygens (including phenoxy) is 1. The molecule has 1 atom stereocenters. The van der Waals surface area contributed by atoms with Crippen LogP contribution >= 0.6 is 11.6 Å². The summed E-state index contributed by atoms with van der Waals surface area (Å²) in [5, 5.41) is 3.61. The smallest absolute Gasteiger partial charge is 0.258 e. The van der Waals surface area contributed by atoms with Gasteiger partial charge in [-0.2, -0.15) is 4.98 Å². The van der Waals surface area contributed by atoms with E-state index in [-0.39, 0.29) is 5.38 Å². The van der Waals surface area contributed by atoms with Crippen molar-refractivity contribution in [2.24, 2.45) is 0 Å².